The molecule has 0 atom stereocenters. The average Bonchev–Trinajstić information content (AvgIpc) is 2.53. The third-order valence-electron chi connectivity index (χ3n) is 3.46. The van der Waals surface area contributed by atoms with Crippen molar-refractivity contribution in [2.24, 2.45) is 5.73 Å². The summed E-state index contributed by atoms with van der Waals surface area (Å²) in [6.07, 6.45) is -1.46. The second-order valence-electron chi connectivity index (χ2n) is 5.17. The fourth-order valence-electron chi connectivity index (χ4n) is 2.32. The Morgan fingerprint density at radius 1 is 1.17 bits per heavy atom. The van der Waals surface area contributed by atoms with E-state index in [1.54, 1.807) is 24.3 Å². The van der Waals surface area contributed by atoms with Gasteiger partial charge in [0.25, 0.3) is 5.78 Å². The molecule has 0 spiro atoms. The molecule has 0 fully saturated rings. The van der Waals surface area contributed by atoms with E-state index in [2.05, 4.69) is 10.3 Å². The Hall–Kier alpha value is -2.15. The Morgan fingerprint density at radius 2 is 1.91 bits per heavy atom. The van der Waals surface area contributed by atoms with Crippen LogP contribution >= 0.6 is 0 Å². The van der Waals surface area contributed by atoms with Crippen molar-refractivity contribution in [1.29, 1.82) is 0 Å². The highest BCUT2D eigenvalue weighted by Crippen LogP contribution is 2.31. The number of nitrogens with one attached hydrogen (secondary N) is 1. The van der Waals surface area contributed by atoms with Crippen molar-refractivity contribution in [3.05, 3.63) is 36.0 Å². The number of carbonyl (C=O) groups excluding carboxylic acids is 1. The quantitative estimate of drug-likeness (QED) is 0.604. The maximum absolute atomic E-state index is 12.8. The van der Waals surface area contributed by atoms with Gasteiger partial charge in [0.1, 0.15) is 0 Å². The highest BCUT2D eigenvalue weighted by molar-refractivity contribution is 6.10. The van der Waals surface area contributed by atoms with Gasteiger partial charge in [-0.1, -0.05) is 24.6 Å². The predicted octanol–water partition coefficient (Wildman–Crippen LogP) is 3.52. The zero-order valence-electron chi connectivity index (χ0n) is 12.5. The number of alkyl halides is 3. The number of Topliss-reactive ketones (excluding diaryl/α,β-unsaturated/α-hetero) is 1. The number of anilines is 1. The van der Waals surface area contributed by atoms with Crippen LogP contribution in [-0.2, 0) is 0 Å². The Labute approximate surface area is 131 Å². The van der Waals surface area contributed by atoms with Crippen LogP contribution in [-0.4, -0.2) is 30.0 Å². The number of hydrogen-bond donors (Lipinski definition) is 2. The van der Waals surface area contributed by atoms with Gasteiger partial charge in [0.15, 0.2) is 0 Å². The van der Waals surface area contributed by atoms with Crippen molar-refractivity contribution >= 4 is 22.4 Å². The predicted molar refractivity (Wildman–Crippen MR) is 83.5 cm³/mol. The van der Waals surface area contributed by atoms with Crippen molar-refractivity contribution in [3.8, 4) is 0 Å². The molecular formula is C16H18F3N3O. The van der Waals surface area contributed by atoms with Gasteiger partial charge in [0, 0.05) is 18.1 Å². The summed E-state index contributed by atoms with van der Waals surface area (Å²) in [5, 5.41) is 3.47. The number of rotatable bonds is 7. The third-order valence-corrected chi connectivity index (χ3v) is 3.46. The lowest BCUT2D eigenvalue weighted by Gasteiger charge is -2.15. The van der Waals surface area contributed by atoms with Crippen LogP contribution in [0.15, 0.2) is 30.5 Å². The average molecular weight is 325 g/mol. The van der Waals surface area contributed by atoms with Crippen molar-refractivity contribution in [3.63, 3.8) is 0 Å². The smallest absolute Gasteiger partial charge is 0.384 e. The fourth-order valence-corrected chi connectivity index (χ4v) is 2.32. The first-order chi connectivity index (χ1) is 10.9. The number of ketones is 1. The zero-order chi connectivity index (χ0) is 16.9. The number of benzene rings is 1. The molecule has 0 aliphatic rings. The number of hydrogen-bond acceptors (Lipinski definition) is 4. The van der Waals surface area contributed by atoms with Crippen LogP contribution in [0, 0.1) is 0 Å². The molecule has 0 unspecified atom stereocenters. The van der Waals surface area contributed by atoms with Crippen LogP contribution < -0.4 is 11.1 Å². The summed E-state index contributed by atoms with van der Waals surface area (Å²) in [6, 6.07) is 6.78. The Morgan fingerprint density at radius 3 is 2.61 bits per heavy atom. The number of carbonyl (C=O) groups is 1. The molecule has 0 bridgehead atoms. The number of nitrogens with two attached hydrogens (primary N) is 1. The Kier molecular flexibility index (Phi) is 5.54. The van der Waals surface area contributed by atoms with Gasteiger partial charge in [-0.05, 0) is 25.5 Å². The molecule has 2 rings (SSSR count). The van der Waals surface area contributed by atoms with Crippen LogP contribution in [0.4, 0.5) is 18.9 Å². The minimum atomic E-state index is -4.93. The van der Waals surface area contributed by atoms with Crippen LogP contribution in [0.3, 0.4) is 0 Å². The fraction of sp³-hybridized carbons (Fsp3) is 0.375. The highest BCUT2D eigenvalue weighted by atomic mass is 19.4. The van der Waals surface area contributed by atoms with Gasteiger partial charge in [-0.15, -0.1) is 0 Å². The summed E-state index contributed by atoms with van der Waals surface area (Å²) in [4.78, 5) is 15.6. The minimum Gasteiger partial charge on any atom is -0.384 e. The van der Waals surface area contributed by atoms with Gasteiger partial charge >= 0.3 is 6.18 Å². The molecule has 124 valence electrons. The standard InChI is InChI=1S/C16H18F3N3O/c17-16(18,19)15(23)12-10-22-13-7-3-2-6-11(13)14(12)21-9-5-1-4-8-20/h2-3,6-7,10H,1,4-5,8-9,20H2,(H,21,22). The van der Waals surface area contributed by atoms with E-state index in [1.165, 1.54) is 0 Å². The number of pyridine rings is 1. The molecule has 1 aromatic carbocycles. The largest absolute Gasteiger partial charge is 0.455 e. The number of halogens is 3. The van der Waals surface area contributed by atoms with Crippen molar-refractivity contribution in [1.82, 2.24) is 4.98 Å². The molecule has 1 aromatic heterocycles. The maximum Gasteiger partial charge on any atom is 0.455 e. The molecule has 0 amide bonds. The first kappa shape index (κ1) is 17.2. The summed E-state index contributed by atoms with van der Waals surface area (Å²) < 4.78 is 38.4. The normalized spacial score (nSPS) is 11.7. The number of nitrogens with zero attached hydrogens (tertiary/aromatic N) is 1. The van der Waals surface area contributed by atoms with Crippen molar-refractivity contribution < 1.29 is 18.0 Å². The molecule has 0 saturated heterocycles. The number of para-hydroxylation sites is 1. The Bertz CT molecular complexity index is 686. The van der Waals surface area contributed by atoms with E-state index in [-0.39, 0.29) is 5.69 Å². The first-order valence-corrected chi connectivity index (χ1v) is 7.38. The van der Waals surface area contributed by atoms with E-state index in [4.69, 9.17) is 5.73 Å². The lowest BCUT2D eigenvalue weighted by atomic mass is 10.1. The van der Waals surface area contributed by atoms with E-state index < -0.39 is 17.5 Å². The summed E-state index contributed by atoms with van der Waals surface area (Å²) in [5.74, 6) is -1.89. The van der Waals surface area contributed by atoms with E-state index in [0.717, 1.165) is 25.5 Å². The molecule has 3 N–H and O–H groups in total. The topological polar surface area (TPSA) is 68.0 Å². The maximum atomic E-state index is 12.8. The molecule has 23 heavy (non-hydrogen) atoms. The number of unbranched alkanes of at least 4 members (excludes halogenated alkanes) is 2. The lowest BCUT2D eigenvalue weighted by Crippen LogP contribution is -2.24. The van der Waals surface area contributed by atoms with E-state index in [0.29, 0.717) is 24.0 Å². The number of fused-ring (bicyclic) bond motifs is 1. The second-order valence-corrected chi connectivity index (χ2v) is 5.17. The Balaban J connectivity index is 2.34. The molecule has 0 aliphatic heterocycles. The zero-order valence-corrected chi connectivity index (χ0v) is 12.5. The molecule has 0 aliphatic carbocycles. The molecular weight excluding hydrogens is 307 g/mol. The van der Waals surface area contributed by atoms with Gasteiger partial charge in [-0.25, -0.2) is 0 Å². The second kappa shape index (κ2) is 7.41. The molecule has 1 heterocycles. The van der Waals surface area contributed by atoms with Gasteiger partial charge < -0.3 is 11.1 Å². The van der Waals surface area contributed by atoms with Crippen LogP contribution in [0.5, 0.6) is 0 Å². The van der Waals surface area contributed by atoms with Crippen molar-refractivity contribution in [2.45, 2.75) is 25.4 Å². The van der Waals surface area contributed by atoms with Crippen molar-refractivity contribution in [2.75, 3.05) is 18.4 Å². The van der Waals surface area contributed by atoms with Crippen LogP contribution in [0.2, 0.25) is 0 Å². The van der Waals surface area contributed by atoms with Crippen LogP contribution in [0.1, 0.15) is 29.6 Å². The minimum absolute atomic E-state index is 0.186. The van der Waals surface area contributed by atoms with Crippen LogP contribution in [0.25, 0.3) is 10.9 Å². The highest BCUT2D eigenvalue weighted by Gasteiger charge is 2.41. The lowest BCUT2D eigenvalue weighted by molar-refractivity contribution is -0.0884. The third kappa shape index (κ3) is 4.19. The summed E-state index contributed by atoms with van der Waals surface area (Å²) in [6.45, 7) is 1.04. The van der Waals surface area contributed by atoms with Gasteiger partial charge in [-0.2, -0.15) is 13.2 Å². The molecule has 2 aromatic rings. The first-order valence-electron chi connectivity index (χ1n) is 7.38. The SMILES string of the molecule is NCCCCCNc1c(C(=O)C(F)(F)F)cnc2ccccc12. The van der Waals surface area contributed by atoms with Gasteiger partial charge in [0.2, 0.25) is 0 Å². The van der Waals surface area contributed by atoms with Gasteiger partial charge in [-0.3, -0.25) is 9.78 Å². The molecule has 0 saturated carbocycles. The summed E-state index contributed by atoms with van der Waals surface area (Å²) in [5.41, 5.74) is 5.68. The molecule has 0 radical (unpaired) electrons. The van der Waals surface area contributed by atoms with Gasteiger partial charge in [0.05, 0.1) is 16.8 Å². The molecule has 4 nitrogen and oxygen atoms in total. The van der Waals surface area contributed by atoms with E-state index >= 15 is 0 Å². The molecule has 7 heteroatoms. The summed E-state index contributed by atoms with van der Waals surface area (Å²) in [7, 11) is 0. The monoisotopic (exact) mass is 325 g/mol. The van der Waals surface area contributed by atoms with E-state index in [9.17, 15) is 18.0 Å². The summed E-state index contributed by atoms with van der Waals surface area (Å²) >= 11 is 0. The van der Waals surface area contributed by atoms with E-state index in [1.807, 2.05) is 0 Å². The number of aromatic nitrogens is 1.